The van der Waals surface area contributed by atoms with Gasteiger partial charge in [0.2, 0.25) is 0 Å². The number of benzene rings is 1. The number of ether oxygens (including phenoxy) is 1. The van der Waals surface area contributed by atoms with Gasteiger partial charge in [-0.3, -0.25) is 9.59 Å². The van der Waals surface area contributed by atoms with E-state index < -0.39 is 0 Å². The molecular formula is C17H17ClN2O3. The monoisotopic (exact) mass is 332 g/mol. The van der Waals surface area contributed by atoms with Crippen molar-refractivity contribution in [1.82, 2.24) is 9.88 Å². The summed E-state index contributed by atoms with van der Waals surface area (Å²) in [5.74, 6) is -0.270. The Morgan fingerprint density at radius 2 is 2.09 bits per heavy atom. The molecule has 0 radical (unpaired) electrons. The van der Waals surface area contributed by atoms with Crippen LogP contribution in [-0.2, 0) is 4.74 Å². The lowest BCUT2D eigenvalue weighted by Gasteiger charge is -2.33. The number of morpholine rings is 1. The van der Waals surface area contributed by atoms with Crippen molar-refractivity contribution in [3.8, 4) is 0 Å². The Balaban J connectivity index is 1.79. The minimum absolute atomic E-state index is 0.160. The summed E-state index contributed by atoms with van der Waals surface area (Å²) >= 11 is 5.90. The first-order chi connectivity index (χ1) is 11.0. The lowest BCUT2D eigenvalue weighted by Crippen LogP contribution is -2.43. The largest absolute Gasteiger partial charge is 0.370 e. The van der Waals surface area contributed by atoms with E-state index in [0.29, 0.717) is 24.7 Å². The quantitative estimate of drug-likeness (QED) is 0.919. The highest BCUT2D eigenvalue weighted by Crippen LogP contribution is 2.24. The lowest BCUT2D eigenvalue weighted by atomic mass is 10.1. The van der Waals surface area contributed by atoms with Gasteiger partial charge in [-0.05, 0) is 24.6 Å². The Bertz CT molecular complexity index is 770. The number of amides is 1. The molecule has 1 fully saturated rings. The Labute approximate surface area is 138 Å². The Morgan fingerprint density at radius 1 is 1.35 bits per heavy atom. The molecule has 1 aliphatic heterocycles. The molecule has 5 nitrogen and oxygen atoms in total. The van der Waals surface area contributed by atoms with Crippen LogP contribution in [0.4, 0.5) is 0 Å². The van der Waals surface area contributed by atoms with Gasteiger partial charge in [0.25, 0.3) is 5.91 Å². The lowest BCUT2D eigenvalue weighted by molar-refractivity contribution is -0.0228. The second-order valence-corrected chi connectivity index (χ2v) is 5.99. The van der Waals surface area contributed by atoms with Crippen LogP contribution in [-0.4, -0.2) is 35.5 Å². The van der Waals surface area contributed by atoms with E-state index in [0.717, 1.165) is 11.3 Å². The van der Waals surface area contributed by atoms with Crippen molar-refractivity contribution in [2.75, 3.05) is 19.7 Å². The SMILES string of the molecule is Cc1cc(=O)c(C(=O)N2CCOC(c3ccc(Cl)cc3)C2)c[nH]1. The zero-order chi connectivity index (χ0) is 16.4. The number of nitrogens with one attached hydrogen (secondary N) is 1. The number of pyridine rings is 1. The molecule has 0 saturated carbocycles. The molecule has 1 unspecified atom stereocenters. The number of nitrogens with zero attached hydrogens (tertiary/aromatic N) is 1. The number of aromatic amines is 1. The molecule has 2 aromatic rings. The number of H-pyrrole nitrogens is 1. The average molecular weight is 333 g/mol. The highest BCUT2D eigenvalue weighted by atomic mass is 35.5. The molecule has 2 heterocycles. The van der Waals surface area contributed by atoms with E-state index in [2.05, 4.69) is 4.98 Å². The number of aryl methyl sites for hydroxylation is 1. The van der Waals surface area contributed by atoms with Crippen LogP contribution in [0, 0.1) is 6.92 Å². The summed E-state index contributed by atoms with van der Waals surface area (Å²) in [6.45, 7) is 3.09. The molecule has 1 aromatic heterocycles. The number of halogens is 1. The predicted octanol–water partition coefficient (Wildman–Crippen LogP) is 2.55. The standard InChI is InChI=1S/C17H17ClN2O3/c1-11-8-15(21)14(9-19-11)17(22)20-6-7-23-16(10-20)12-2-4-13(18)5-3-12/h2-5,8-9,16H,6-7,10H2,1H3,(H,19,21). The van der Waals surface area contributed by atoms with Gasteiger partial charge < -0.3 is 14.6 Å². The summed E-state index contributed by atoms with van der Waals surface area (Å²) in [6, 6.07) is 8.81. The van der Waals surface area contributed by atoms with E-state index in [4.69, 9.17) is 16.3 Å². The second kappa shape index (κ2) is 6.56. The summed E-state index contributed by atoms with van der Waals surface area (Å²) in [6.07, 6.45) is 1.27. The maximum absolute atomic E-state index is 12.6. The summed E-state index contributed by atoms with van der Waals surface area (Å²) < 4.78 is 5.75. The molecule has 0 bridgehead atoms. The zero-order valence-corrected chi connectivity index (χ0v) is 13.5. The number of rotatable bonds is 2. The molecule has 1 amide bonds. The van der Waals surface area contributed by atoms with E-state index in [-0.39, 0.29) is 23.0 Å². The maximum atomic E-state index is 12.6. The van der Waals surface area contributed by atoms with Crippen molar-refractivity contribution in [1.29, 1.82) is 0 Å². The summed E-state index contributed by atoms with van der Waals surface area (Å²) in [5.41, 5.74) is 1.59. The fourth-order valence-corrected chi connectivity index (χ4v) is 2.75. The number of carbonyl (C=O) groups is 1. The molecule has 6 heteroatoms. The molecule has 1 saturated heterocycles. The molecule has 1 aromatic carbocycles. The topological polar surface area (TPSA) is 62.4 Å². The number of aromatic nitrogens is 1. The summed E-state index contributed by atoms with van der Waals surface area (Å²) in [5, 5.41) is 0.656. The maximum Gasteiger partial charge on any atom is 0.259 e. The molecule has 1 N–H and O–H groups in total. The fourth-order valence-electron chi connectivity index (χ4n) is 2.62. The van der Waals surface area contributed by atoms with Gasteiger partial charge in [0.15, 0.2) is 5.43 Å². The number of hydrogen-bond acceptors (Lipinski definition) is 3. The average Bonchev–Trinajstić information content (AvgIpc) is 2.55. The van der Waals surface area contributed by atoms with Crippen molar-refractivity contribution in [3.63, 3.8) is 0 Å². The minimum atomic E-state index is -0.270. The summed E-state index contributed by atoms with van der Waals surface area (Å²) in [4.78, 5) is 29.2. The minimum Gasteiger partial charge on any atom is -0.370 e. The van der Waals surface area contributed by atoms with E-state index in [9.17, 15) is 9.59 Å². The van der Waals surface area contributed by atoms with Gasteiger partial charge in [-0.25, -0.2) is 0 Å². The first-order valence-electron chi connectivity index (χ1n) is 7.40. The molecule has 0 aliphatic carbocycles. The third-order valence-electron chi connectivity index (χ3n) is 3.88. The molecule has 3 rings (SSSR count). The van der Waals surface area contributed by atoms with Crippen molar-refractivity contribution in [2.24, 2.45) is 0 Å². The van der Waals surface area contributed by atoms with Crippen LogP contribution >= 0.6 is 11.6 Å². The van der Waals surface area contributed by atoms with E-state index >= 15 is 0 Å². The van der Waals surface area contributed by atoms with Gasteiger partial charge in [0, 0.05) is 29.5 Å². The van der Waals surface area contributed by atoms with Crippen molar-refractivity contribution >= 4 is 17.5 Å². The summed E-state index contributed by atoms with van der Waals surface area (Å²) in [7, 11) is 0. The zero-order valence-electron chi connectivity index (χ0n) is 12.7. The highest BCUT2D eigenvalue weighted by molar-refractivity contribution is 6.30. The molecule has 23 heavy (non-hydrogen) atoms. The van der Waals surface area contributed by atoms with Gasteiger partial charge in [-0.15, -0.1) is 0 Å². The number of hydrogen-bond donors (Lipinski definition) is 1. The third-order valence-corrected chi connectivity index (χ3v) is 4.14. The third kappa shape index (κ3) is 3.46. The smallest absolute Gasteiger partial charge is 0.259 e. The van der Waals surface area contributed by atoms with Crippen LogP contribution in [0.1, 0.15) is 27.7 Å². The Kier molecular flexibility index (Phi) is 4.50. The van der Waals surface area contributed by atoms with Gasteiger partial charge in [0.1, 0.15) is 11.7 Å². The van der Waals surface area contributed by atoms with Crippen LogP contribution in [0.2, 0.25) is 5.02 Å². The van der Waals surface area contributed by atoms with Crippen molar-refractivity contribution < 1.29 is 9.53 Å². The molecule has 1 atom stereocenters. The Morgan fingerprint density at radius 3 is 2.78 bits per heavy atom. The van der Waals surface area contributed by atoms with E-state index in [1.165, 1.54) is 12.3 Å². The second-order valence-electron chi connectivity index (χ2n) is 5.56. The first-order valence-corrected chi connectivity index (χ1v) is 7.78. The molecule has 1 aliphatic rings. The van der Waals surface area contributed by atoms with E-state index in [1.54, 1.807) is 24.0 Å². The van der Waals surface area contributed by atoms with Gasteiger partial charge in [-0.2, -0.15) is 0 Å². The molecular weight excluding hydrogens is 316 g/mol. The van der Waals surface area contributed by atoms with E-state index in [1.807, 2.05) is 12.1 Å². The molecule has 120 valence electrons. The van der Waals surface area contributed by atoms with Crippen LogP contribution in [0.25, 0.3) is 0 Å². The van der Waals surface area contributed by atoms with Crippen LogP contribution in [0.15, 0.2) is 41.3 Å². The van der Waals surface area contributed by atoms with Crippen molar-refractivity contribution in [2.45, 2.75) is 13.0 Å². The fraction of sp³-hybridized carbons (Fsp3) is 0.294. The molecule has 0 spiro atoms. The van der Waals surface area contributed by atoms with Crippen molar-refractivity contribution in [3.05, 3.63) is 68.6 Å². The Hall–Kier alpha value is -2.11. The normalized spacial score (nSPS) is 18.0. The highest BCUT2D eigenvalue weighted by Gasteiger charge is 2.27. The van der Waals surface area contributed by atoms with Crippen LogP contribution < -0.4 is 5.43 Å². The van der Waals surface area contributed by atoms with Gasteiger partial charge in [0.05, 0.1) is 13.2 Å². The first kappa shape index (κ1) is 15.8. The van der Waals surface area contributed by atoms with Crippen LogP contribution in [0.3, 0.4) is 0 Å². The number of carbonyl (C=O) groups excluding carboxylic acids is 1. The van der Waals surface area contributed by atoms with Crippen LogP contribution in [0.5, 0.6) is 0 Å². The van der Waals surface area contributed by atoms with Gasteiger partial charge >= 0.3 is 0 Å². The van der Waals surface area contributed by atoms with Gasteiger partial charge in [-0.1, -0.05) is 23.7 Å². The predicted molar refractivity (Wildman–Crippen MR) is 87.8 cm³/mol.